The average Bonchev–Trinajstić information content (AvgIpc) is 2.86. The molecule has 0 bridgehead atoms. The van der Waals surface area contributed by atoms with E-state index in [1.807, 2.05) is 0 Å². The predicted octanol–water partition coefficient (Wildman–Crippen LogP) is 2.76. The van der Waals surface area contributed by atoms with E-state index in [-0.39, 0.29) is 0 Å². The van der Waals surface area contributed by atoms with E-state index in [9.17, 15) is 0 Å². The zero-order valence-electron chi connectivity index (χ0n) is 9.34. The highest BCUT2D eigenvalue weighted by atomic mass is 15.1. The van der Waals surface area contributed by atoms with Crippen LogP contribution in [-0.4, -0.2) is 25.0 Å². The van der Waals surface area contributed by atoms with Gasteiger partial charge >= 0.3 is 0 Å². The Hall–Kier alpha value is -0.0400. The van der Waals surface area contributed by atoms with Gasteiger partial charge in [0, 0.05) is 0 Å². The van der Waals surface area contributed by atoms with Gasteiger partial charge in [0.25, 0.3) is 0 Å². The summed E-state index contributed by atoms with van der Waals surface area (Å²) >= 11 is 0. The van der Waals surface area contributed by atoms with Crippen molar-refractivity contribution in [2.75, 3.05) is 20.1 Å². The van der Waals surface area contributed by atoms with Crippen LogP contribution in [0.1, 0.15) is 39.5 Å². The van der Waals surface area contributed by atoms with Crippen molar-refractivity contribution in [3.8, 4) is 0 Å². The summed E-state index contributed by atoms with van der Waals surface area (Å²) < 4.78 is 0. The second kappa shape index (κ2) is 3.27. The Balaban J connectivity index is 1.94. The van der Waals surface area contributed by atoms with Crippen LogP contribution in [0.3, 0.4) is 0 Å². The van der Waals surface area contributed by atoms with Crippen LogP contribution in [0.25, 0.3) is 0 Å². The highest BCUT2D eigenvalue weighted by molar-refractivity contribution is 5.01. The van der Waals surface area contributed by atoms with Crippen molar-refractivity contribution in [1.82, 2.24) is 4.90 Å². The zero-order valence-corrected chi connectivity index (χ0v) is 9.34. The number of piperidine rings is 1. The minimum Gasteiger partial charge on any atom is -0.306 e. The Labute approximate surface area is 82.5 Å². The van der Waals surface area contributed by atoms with Gasteiger partial charge in [-0.25, -0.2) is 0 Å². The molecule has 0 atom stereocenters. The third-order valence-electron chi connectivity index (χ3n) is 4.51. The summed E-state index contributed by atoms with van der Waals surface area (Å²) in [5.74, 6) is 1.96. The predicted molar refractivity (Wildman–Crippen MR) is 56.7 cm³/mol. The molecule has 0 aromatic carbocycles. The molecular formula is C12H23N. The van der Waals surface area contributed by atoms with Crippen LogP contribution in [0, 0.1) is 17.3 Å². The number of nitrogens with zero attached hydrogens (tertiary/aromatic N) is 1. The molecule has 2 rings (SSSR count). The van der Waals surface area contributed by atoms with Gasteiger partial charge in [-0.2, -0.15) is 0 Å². The summed E-state index contributed by atoms with van der Waals surface area (Å²) in [6, 6.07) is 0. The topological polar surface area (TPSA) is 3.24 Å². The summed E-state index contributed by atoms with van der Waals surface area (Å²) in [4.78, 5) is 2.48. The third-order valence-corrected chi connectivity index (χ3v) is 4.51. The fourth-order valence-electron chi connectivity index (χ4n) is 3.18. The van der Waals surface area contributed by atoms with Gasteiger partial charge in [-0.1, -0.05) is 13.8 Å². The molecular weight excluding hydrogens is 158 g/mol. The summed E-state index contributed by atoms with van der Waals surface area (Å²) in [6.07, 6.45) is 5.93. The van der Waals surface area contributed by atoms with Crippen molar-refractivity contribution < 1.29 is 0 Å². The van der Waals surface area contributed by atoms with Gasteiger partial charge in [-0.3, -0.25) is 0 Å². The van der Waals surface area contributed by atoms with Gasteiger partial charge in [0.05, 0.1) is 0 Å². The van der Waals surface area contributed by atoms with Crippen LogP contribution in [0.4, 0.5) is 0 Å². The minimum atomic E-state index is 0.779. The number of hydrogen-bond donors (Lipinski definition) is 0. The summed E-state index contributed by atoms with van der Waals surface area (Å²) in [5, 5.41) is 0. The summed E-state index contributed by atoms with van der Waals surface area (Å²) in [7, 11) is 2.26. The van der Waals surface area contributed by atoms with Crippen LogP contribution < -0.4 is 0 Å². The molecule has 0 aromatic rings. The minimum absolute atomic E-state index is 0.779. The standard InChI is InChI=1S/C12H23N/c1-10(2)12(6-7-12)11-4-8-13(3)9-5-11/h10-11H,4-9H2,1-3H3. The molecule has 0 aromatic heterocycles. The highest BCUT2D eigenvalue weighted by Crippen LogP contribution is 2.59. The third kappa shape index (κ3) is 1.63. The molecule has 76 valence electrons. The second-order valence-corrected chi connectivity index (χ2v) is 5.47. The molecule has 0 radical (unpaired) electrons. The molecule has 13 heavy (non-hydrogen) atoms. The first kappa shape index (κ1) is 9.51. The monoisotopic (exact) mass is 181 g/mol. The van der Waals surface area contributed by atoms with Gasteiger partial charge in [-0.05, 0) is 63.1 Å². The Kier molecular flexibility index (Phi) is 2.39. The molecule has 1 nitrogen and oxygen atoms in total. The van der Waals surface area contributed by atoms with Crippen molar-refractivity contribution in [2.24, 2.45) is 17.3 Å². The molecule has 1 aliphatic carbocycles. The molecule has 1 heteroatoms. The molecule has 0 spiro atoms. The van der Waals surface area contributed by atoms with Crippen molar-refractivity contribution in [1.29, 1.82) is 0 Å². The number of rotatable bonds is 2. The quantitative estimate of drug-likeness (QED) is 0.633. The van der Waals surface area contributed by atoms with E-state index < -0.39 is 0 Å². The zero-order chi connectivity index (χ0) is 9.47. The first-order chi connectivity index (χ1) is 6.15. The van der Waals surface area contributed by atoms with Gasteiger partial charge in [0.1, 0.15) is 0 Å². The SMILES string of the molecule is CC(C)C1(C2CCN(C)CC2)CC1. The Morgan fingerprint density at radius 3 is 2.08 bits per heavy atom. The fourth-order valence-corrected chi connectivity index (χ4v) is 3.18. The van der Waals surface area contributed by atoms with Crippen molar-refractivity contribution in [2.45, 2.75) is 39.5 Å². The Bertz CT molecular complexity index is 174. The lowest BCUT2D eigenvalue weighted by molar-refractivity contribution is 0.126. The highest BCUT2D eigenvalue weighted by Gasteiger charge is 2.51. The molecule has 0 N–H and O–H groups in total. The van der Waals surface area contributed by atoms with Crippen LogP contribution >= 0.6 is 0 Å². The van der Waals surface area contributed by atoms with Gasteiger partial charge in [0.15, 0.2) is 0 Å². The normalized spacial score (nSPS) is 29.5. The molecule has 1 saturated heterocycles. The molecule has 1 saturated carbocycles. The summed E-state index contributed by atoms with van der Waals surface area (Å²) in [5.41, 5.74) is 0.779. The van der Waals surface area contributed by atoms with Gasteiger partial charge in [0.2, 0.25) is 0 Å². The van der Waals surface area contributed by atoms with Crippen LogP contribution in [0.5, 0.6) is 0 Å². The first-order valence-electron chi connectivity index (χ1n) is 5.84. The smallest absolute Gasteiger partial charge is 0.00189 e. The van der Waals surface area contributed by atoms with Crippen molar-refractivity contribution in [3.63, 3.8) is 0 Å². The van der Waals surface area contributed by atoms with Crippen molar-refractivity contribution in [3.05, 3.63) is 0 Å². The van der Waals surface area contributed by atoms with E-state index in [1.165, 1.54) is 38.8 Å². The largest absolute Gasteiger partial charge is 0.306 e. The lowest BCUT2D eigenvalue weighted by atomic mass is 9.75. The van der Waals surface area contributed by atoms with E-state index in [2.05, 4.69) is 25.8 Å². The van der Waals surface area contributed by atoms with Crippen LogP contribution in [-0.2, 0) is 0 Å². The maximum Gasteiger partial charge on any atom is -0.00189 e. The number of hydrogen-bond acceptors (Lipinski definition) is 1. The number of likely N-dealkylation sites (tertiary alicyclic amines) is 1. The maximum absolute atomic E-state index is 2.48. The molecule has 0 unspecified atom stereocenters. The fraction of sp³-hybridized carbons (Fsp3) is 1.00. The Morgan fingerprint density at radius 1 is 1.15 bits per heavy atom. The second-order valence-electron chi connectivity index (χ2n) is 5.47. The Morgan fingerprint density at radius 2 is 1.69 bits per heavy atom. The van der Waals surface area contributed by atoms with E-state index in [1.54, 1.807) is 0 Å². The molecule has 2 aliphatic rings. The average molecular weight is 181 g/mol. The lowest BCUT2D eigenvalue weighted by Gasteiger charge is -2.36. The molecule has 2 fully saturated rings. The van der Waals surface area contributed by atoms with Crippen LogP contribution in [0.2, 0.25) is 0 Å². The maximum atomic E-state index is 2.48. The lowest BCUT2D eigenvalue weighted by Crippen LogP contribution is -2.35. The van der Waals surface area contributed by atoms with E-state index in [4.69, 9.17) is 0 Å². The molecule has 1 heterocycles. The van der Waals surface area contributed by atoms with Crippen molar-refractivity contribution >= 4 is 0 Å². The van der Waals surface area contributed by atoms with E-state index in [0.29, 0.717) is 0 Å². The molecule has 0 amide bonds. The molecule has 1 aliphatic heterocycles. The first-order valence-corrected chi connectivity index (χ1v) is 5.84. The van der Waals surface area contributed by atoms with Gasteiger partial charge < -0.3 is 4.90 Å². The van der Waals surface area contributed by atoms with E-state index in [0.717, 1.165) is 17.3 Å². The summed E-state index contributed by atoms with van der Waals surface area (Å²) in [6.45, 7) is 7.51. The van der Waals surface area contributed by atoms with Crippen LogP contribution in [0.15, 0.2) is 0 Å². The van der Waals surface area contributed by atoms with Gasteiger partial charge in [-0.15, -0.1) is 0 Å². The van der Waals surface area contributed by atoms with E-state index >= 15 is 0 Å².